The van der Waals surface area contributed by atoms with E-state index in [1.54, 1.807) is 66.7 Å². The molecule has 9 heteroatoms. The van der Waals surface area contributed by atoms with Gasteiger partial charge in [0.15, 0.2) is 11.5 Å². The van der Waals surface area contributed by atoms with Crippen molar-refractivity contribution < 1.29 is 23.9 Å². The molecule has 1 fully saturated rings. The summed E-state index contributed by atoms with van der Waals surface area (Å²) < 4.78 is 10.8. The molecule has 2 amide bonds. The molecule has 1 saturated heterocycles. The molecule has 0 atom stereocenters. The van der Waals surface area contributed by atoms with Gasteiger partial charge in [-0.05, 0) is 71.4 Å². The molecular weight excluding hydrogens is 497 g/mol. The lowest BCUT2D eigenvalue weighted by Crippen LogP contribution is -2.27. The summed E-state index contributed by atoms with van der Waals surface area (Å²) in [6.45, 7) is 0.119. The lowest BCUT2D eigenvalue weighted by Gasteiger charge is -2.12. The first-order chi connectivity index (χ1) is 16.3. The van der Waals surface area contributed by atoms with Gasteiger partial charge in [0.05, 0.1) is 24.1 Å². The Balaban J connectivity index is 1.56. The number of hydrogen-bond donors (Lipinski definition) is 0. The van der Waals surface area contributed by atoms with Gasteiger partial charge in [0, 0.05) is 10.0 Å². The van der Waals surface area contributed by atoms with E-state index in [4.69, 9.17) is 32.7 Å². The van der Waals surface area contributed by atoms with E-state index in [0.717, 1.165) is 22.2 Å². The molecule has 34 heavy (non-hydrogen) atoms. The van der Waals surface area contributed by atoms with Crippen LogP contribution in [-0.2, 0) is 11.3 Å². The first-order valence-corrected chi connectivity index (χ1v) is 11.6. The molecule has 0 spiro atoms. The van der Waals surface area contributed by atoms with Gasteiger partial charge in [-0.25, -0.2) is 4.79 Å². The molecule has 172 valence electrons. The van der Waals surface area contributed by atoms with Crippen molar-refractivity contribution in [2.45, 2.75) is 6.54 Å². The van der Waals surface area contributed by atoms with Crippen molar-refractivity contribution in [2.24, 2.45) is 0 Å². The summed E-state index contributed by atoms with van der Waals surface area (Å²) in [5.74, 6) is -0.524. The molecule has 1 aliphatic heterocycles. The lowest BCUT2D eigenvalue weighted by atomic mass is 10.1. The predicted octanol–water partition coefficient (Wildman–Crippen LogP) is 6.46. The zero-order chi connectivity index (χ0) is 24.2. The van der Waals surface area contributed by atoms with Crippen LogP contribution in [0.2, 0.25) is 10.0 Å². The molecule has 3 aromatic rings. The van der Waals surface area contributed by atoms with Crippen molar-refractivity contribution in [2.75, 3.05) is 7.11 Å². The van der Waals surface area contributed by atoms with E-state index in [1.807, 2.05) is 0 Å². The molecule has 0 radical (unpaired) electrons. The highest BCUT2D eigenvalue weighted by Gasteiger charge is 2.35. The van der Waals surface area contributed by atoms with Crippen molar-refractivity contribution in [3.05, 3.63) is 98.4 Å². The summed E-state index contributed by atoms with van der Waals surface area (Å²) in [6, 6.07) is 18.2. The second-order valence-electron chi connectivity index (χ2n) is 7.21. The third-order valence-corrected chi connectivity index (χ3v) is 6.23. The monoisotopic (exact) mass is 513 g/mol. The second kappa shape index (κ2) is 10.3. The van der Waals surface area contributed by atoms with E-state index < -0.39 is 11.9 Å². The summed E-state index contributed by atoms with van der Waals surface area (Å²) in [7, 11) is 1.45. The Labute approximate surface area is 210 Å². The Morgan fingerprint density at radius 3 is 2.41 bits per heavy atom. The van der Waals surface area contributed by atoms with Crippen molar-refractivity contribution in [1.29, 1.82) is 0 Å². The van der Waals surface area contributed by atoms with Gasteiger partial charge in [0.1, 0.15) is 0 Å². The minimum absolute atomic E-state index is 0.119. The Bertz CT molecular complexity index is 1320. The number of amides is 2. The Kier molecular flexibility index (Phi) is 7.26. The van der Waals surface area contributed by atoms with Gasteiger partial charge in [0.2, 0.25) is 0 Å². The molecule has 0 bridgehead atoms. The summed E-state index contributed by atoms with van der Waals surface area (Å²) >= 11 is 12.8. The first kappa shape index (κ1) is 23.9. The van der Waals surface area contributed by atoms with Crippen molar-refractivity contribution >= 4 is 58.2 Å². The average Bonchev–Trinajstić information content (AvgIpc) is 3.06. The fourth-order valence-corrected chi connectivity index (χ4v) is 4.48. The third kappa shape index (κ3) is 5.44. The van der Waals surface area contributed by atoms with Gasteiger partial charge >= 0.3 is 5.97 Å². The summed E-state index contributed by atoms with van der Waals surface area (Å²) in [4.78, 5) is 39.3. The largest absolute Gasteiger partial charge is 0.493 e. The Morgan fingerprint density at radius 2 is 1.71 bits per heavy atom. The Morgan fingerprint density at radius 1 is 0.971 bits per heavy atom. The number of thioether (sulfide) groups is 1. The summed E-state index contributed by atoms with van der Waals surface area (Å²) in [6.07, 6.45) is 1.57. The second-order valence-corrected chi connectivity index (χ2v) is 9.07. The topological polar surface area (TPSA) is 72.9 Å². The quantitative estimate of drug-likeness (QED) is 0.214. The fourth-order valence-electron chi connectivity index (χ4n) is 3.24. The van der Waals surface area contributed by atoms with Gasteiger partial charge in [-0.15, -0.1) is 0 Å². The van der Waals surface area contributed by atoms with Crippen LogP contribution in [0.15, 0.2) is 71.6 Å². The molecule has 1 heterocycles. The summed E-state index contributed by atoms with van der Waals surface area (Å²) in [5, 5.41) is 0.555. The highest BCUT2D eigenvalue weighted by molar-refractivity contribution is 8.18. The van der Waals surface area contributed by atoms with Crippen LogP contribution in [-0.4, -0.2) is 29.1 Å². The number of halogens is 2. The van der Waals surface area contributed by atoms with Gasteiger partial charge in [0.25, 0.3) is 11.1 Å². The van der Waals surface area contributed by atoms with Crippen molar-refractivity contribution in [3.63, 3.8) is 0 Å². The van der Waals surface area contributed by atoms with Gasteiger partial charge < -0.3 is 9.47 Å². The maximum Gasteiger partial charge on any atom is 0.343 e. The number of methoxy groups -OCH3 is 1. The minimum atomic E-state index is -0.611. The summed E-state index contributed by atoms with van der Waals surface area (Å²) in [5.41, 5.74) is 1.58. The zero-order valence-corrected chi connectivity index (χ0v) is 20.1. The minimum Gasteiger partial charge on any atom is -0.493 e. The van der Waals surface area contributed by atoms with E-state index >= 15 is 0 Å². The van der Waals surface area contributed by atoms with Crippen molar-refractivity contribution in [3.8, 4) is 11.5 Å². The molecule has 0 aliphatic carbocycles. The van der Waals surface area contributed by atoms with Gasteiger partial charge in [-0.3, -0.25) is 14.5 Å². The number of benzene rings is 3. The molecule has 0 N–H and O–H groups in total. The SMILES string of the molecule is COc1ccc(/C=C2\SC(=O)N(Cc3cccc(Cl)c3)C2=O)cc1OC(=O)c1cccc(Cl)c1. The average molecular weight is 514 g/mol. The molecule has 0 saturated carbocycles. The van der Waals surface area contributed by atoms with E-state index in [2.05, 4.69) is 0 Å². The van der Waals surface area contributed by atoms with Crippen LogP contribution in [0, 0.1) is 0 Å². The maximum absolute atomic E-state index is 12.9. The smallest absolute Gasteiger partial charge is 0.343 e. The molecule has 3 aromatic carbocycles. The van der Waals surface area contributed by atoms with Crippen LogP contribution in [0.25, 0.3) is 6.08 Å². The number of hydrogen-bond acceptors (Lipinski definition) is 6. The standard InChI is InChI=1S/C25H17Cl2NO5S/c1-32-20-9-8-15(11-21(20)33-24(30)17-5-3-7-19(27)13-17)12-22-23(29)28(25(31)34-22)14-16-4-2-6-18(26)10-16/h2-13H,14H2,1H3/b22-12-. The normalized spacial score (nSPS) is 14.6. The van der Waals surface area contributed by atoms with E-state index in [1.165, 1.54) is 13.2 Å². The molecule has 0 aromatic heterocycles. The number of esters is 1. The van der Waals surface area contributed by atoms with Crippen LogP contribution in [0.4, 0.5) is 4.79 Å². The first-order valence-electron chi connectivity index (χ1n) is 9.99. The van der Waals surface area contributed by atoms with Crippen LogP contribution < -0.4 is 9.47 Å². The van der Waals surface area contributed by atoms with E-state index in [9.17, 15) is 14.4 Å². The van der Waals surface area contributed by atoms with Gasteiger partial charge in [-0.2, -0.15) is 0 Å². The highest BCUT2D eigenvalue weighted by atomic mass is 35.5. The van der Waals surface area contributed by atoms with Crippen LogP contribution in [0.1, 0.15) is 21.5 Å². The highest BCUT2D eigenvalue weighted by Crippen LogP contribution is 2.35. The van der Waals surface area contributed by atoms with Gasteiger partial charge in [-0.1, -0.05) is 47.5 Å². The molecule has 0 unspecified atom stereocenters. The number of imide groups is 1. The number of nitrogens with zero attached hydrogens (tertiary/aromatic N) is 1. The van der Waals surface area contributed by atoms with Crippen LogP contribution in [0.3, 0.4) is 0 Å². The number of rotatable bonds is 6. The van der Waals surface area contributed by atoms with E-state index in [-0.39, 0.29) is 28.0 Å². The molecule has 1 aliphatic rings. The Hall–Kier alpha value is -3.26. The van der Waals surface area contributed by atoms with Crippen molar-refractivity contribution in [1.82, 2.24) is 4.90 Å². The predicted molar refractivity (Wildman–Crippen MR) is 132 cm³/mol. The van der Waals surface area contributed by atoms with Crippen LogP contribution in [0.5, 0.6) is 11.5 Å². The maximum atomic E-state index is 12.9. The number of carbonyl (C=O) groups excluding carboxylic acids is 3. The van der Waals surface area contributed by atoms with E-state index in [0.29, 0.717) is 21.4 Å². The number of ether oxygens (including phenoxy) is 2. The molecular formula is C25H17Cl2NO5S. The number of carbonyl (C=O) groups is 3. The fraction of sp³-hybridized carbons (Fsp3) is 0.0800. The molecule has 4 rings (SSSR count). The third-order valence-electron chi connectivity index (χ3n) is 4.85. The zero-order valence-electron chi connectivity index (χ0n) is 17.8. The lowest BCUT2D eigenvalue weighted by molar-refractivity contribution is -0.123. The van der Waals surface area contributed by atoms with Crippen LogP contribution >= 0.6 is 35.0 Å². The molecule has 6 nitrogen and oxygen atoms in total.